The summed E-state index contributed by atoms with van der Waals surface area (Å²) in [4.78, 5) is 6.43. The fraction of sp³-hybridized carbons (Fsp3) is 0.500. The van der Waals surface area contributed by atoms with Gasteiger partial charge in [-0.3, -0.25) is 9.88 Å². The van der Waals surface area contributed by atoms with Gasteiger partial charge in [-0.05, 0) is 34.6 Å². The minimum absolute atomic E-state index is 0.199. The Hall–Kier alpha value is -0.450. The van der Waals surface area contributed by atoms with E-state index in [2.05, 4.69) is 32.7 Å². The molecule has 0 saturated carbocycles. The second kappa shape index (κ2) is 6.11. The van der Waals surface area contributed by atoms with Crippen LogP contribution in [0.15, 0.2) is 22.8 Å². The van der Waals surface area contributed by atoms with Crippen molar-refractivity contribution in [3.05, 3.63) is 28.5 Å². The van der Waals surface area contributed by atoms with Crippen molar-refractivity contribution in [2.45, 2.75) is 13.5 Å². The first kappa shape index (κ1) is 11.6. The van der Waals surface area contributed by atoms with Gasteiger partial charge in [0.15, 0.2) is 0 Å². The molecule has 1 N–H and O–H groups in total. The highest BCUT2D eigenvalue weighted by atomic mass is 79.9. The third-order valence-corrected chi connectivity index (χ3v) is 2.51. The van der Waals surface area contributed by atoms with Gasteiger partial charge in [0, 0.05) is 23.8 Å². The average Bonchev–Trinajstić information content (AvgIpc) is 2.20. The molecule has 0 amide bonds. The Morgan fingerprint density at radius 1 is 1.50 bits per heavy atom. The van der Waals surface area contributed by atoms with E-state index >= 15 is 0 Å². The van der Waals surface area contributed by atoms with Gasteiger partial charge in [-0.15, -0.1) is 0 Å². The monoisotopic (exact) mass is 258 g/mol. The molecule has 0 unspecified atom stereocenters. The number of likely N-dealkylation sites (N-methyl/N-ethyl adjacent to an activating group) is 1. The van der Waals surface area contributed by atoms with Crippen LogP contribution in [0.4, 0.5) is 0 Å². The molecule has 14 heavy (non-hydrogen) atoms. The van der Waals surface area contributed by atoms with Crippen molar-refractivity contribution >= 4 is 15.9 Å². The zero-order valence-electron chi connectivity index (χ0n) is 8.28. The Bertz CT molecular complexity index is 263. The fourth-order valence-corrected chi connectivity index (χ4v) is 1.45. The van der Waals surface area contributed by atoms with Crippen molar-refractivity contribution in [3.63, 3.8) is 0 Å². The topological polar surface area (TPSA) is 36.4 Å². The predicted molar refractivity (Wildman–Crippen MR) is 60.0 cm³/mol. The van der Waals surface area contributed by atoms with Crippen LogP contribution in [-0.4, -0.2) is 34.7 Å². The highest BCUT2D eigenvalue weighted by molar-refractivity contribution is 9.10. The second-order valence-electron chi connectivity index (χ2n) is 3.06. The van der Waals surface area contributed by atoms with Crippen LogP contribution in [0.5, 0.6) is 0 Å². The normalized spacial score (nSPS) is 10.9. The molecule has 0 spiro atoms. The molecule has 0 aliphatic rings. The first-order valence-electron chi connectivity index (χ1n) is 4.70. The van der Waals surface area contributed by atoms with E-state index < -0.39 is 0 Å². The van der Waals surface area contributed by atoms with E-state index in [0.717, 1.165) is 23.3 Å². The number of pyridine rings is 1. The first-order valence-corrected chi connectivity index (χ1v) is 5.49. The Morgan fingerprint density at radius 3 is 2.79 bits per heavy atom. The smallest absolute Gasteiger partial charge is 0.0558 e. The average molecular weight is 259 g/mol. The maximum Gasteiger partial charge on any atom is 0.0558 e. The summed E-state index contributed by atoms with van der Waals surface area (Å²) in [6.45, 7) is 4.70. The van der Waals surface area contributed by atoms with Gasteiger partial charge >= 0.3 is 0 Å². The van der Waals surface area contributed by atoms with E-state index in [1.165, 1.54) is 0 Å². The Balaban J connectivity index is 2.53. The molecule has 0 aliphatic heterocycles. The Kier molecular flexibility index (Phi) is 5.07. The van der Waals surface area contributed by atoms with Gasteiger partial charge in [-0.1, -0.05) is 6.92 Å². The predicted octanol–water partition coefficient (Wildman–Crippen LogP) is 1.66. The van der Waals surface area contributed by atoms with Crippen LogP contribution in [0.2, 0.25) is 0 Å². The maximum atomic E-state index is 8.82. The molecule has 0 radical (unpaired) electrons. The van der Waals surface area contributed by atoms with E-state index in [1.54, 1.807) is 6.20 Å². The summed E-state index contributed by atoms with van der Waals surface area (Å²) >= 11 is 3.34. The lowest BCUT2D eigenvalue weighted by atomic mass is 10.3. The summed E-state index contributed by atoms with van der Waals surface area (Å²) in [5, 5.41) is 8.82. The minimum atomic E-state index is 0.199. The molecule has 78 valence electrons. The molecule has 0 saturated heterocycles. The lowest BCUT2D eigenvalue weighted by Gasteiger charge is -2.18. The summed E-state index contributed by atoms with van der Waals surface area (Å²) in [6, 6.07) is 3.97. The van der Waals surface area contributed by atoms with Gasteiger partial charge in [0.1, 0.15) is 0 Å². The van der Waals surface area contributed by atoms with Crippen LogP contribution in [0.1, 0.15) is 12.6 Å². The van der Waals surface area contributed by atoms with Crippen LogP contribution in [-0.2, 0) is 6.54 Å². The van der Waals surface area contributed by atoms with Crippen molar-refractivity contribution in [3.8, 4) is 0 Å². The minimum Gasteiger partial charge on any atom is -0.395 e. The highest BCUT2D eigenvalue weighted by Crippen LogP contribution is 2.08. The van der Waals surface area contributed by atoms with Crippen LogP contribution in [0.3, 0.4) is 0 Å². The van der Waals surface area contributed by atoms with E-state index in [0.29, 0.717) is 6.54 Å². The van der Waals surface area contributed by atoms with Crippen LogP contribution < -0.4 is 0 Å². The van der Waals surface area contributed by atoms with Crippen LogP contribution in [0, 0.1) is 0 Å². The Labute approximate surface area is 92.9 Å². The zero-order chi connectivity index (χ0) is 10.4. The molecule has 1 heterocycles. The van der Waals surface area contributed by atoms with Crippen LogP contribution >= 0.6 is 15.9 Å². The third-order valence-electron chi connectivity index (χ3n) is 2.04. The fourth-order valence-electron chi connectivity index (χ4n) is 1.22. The van der Waals surface area contributed by atoms with Crippen molar-refractivity contribution in [2.75, 3.05) is 19.7 Å². The summed E-state index contributed by atoms with van der Waals surface area (Å²) in [6.07, 6.45) is 1.79. The standard InChI is InChI=1S/C10H15BrN2O/c1-2-13(5-6-14)8-10-4-3-9(11)7-12-10/h3-4,7,14H,2,5-6,8H2,1H3. The van der Waals surface area contributed by atoms with E-state index in [-0.39, 0.29) is 6.61 Å². The molecule has 0 aliphatic carbocycles. The molecule has 0 aromatic carbocycles. The van der Waals surface area contributed by atoms with E-state index in [1.807, 2.05) is 12.1 Å². The molecule has 0 bridgehead atoms. The van der Waals surface area contributed by atoms with Gasteiger partial charge in [-0.25, -0.2) is 0 Å². The molecule has 1 rings (SSSR count). The lowest BCUT2D eigenvalue weighted by molar-refractivity contribution is 0.195. The van der Waals surface area contributed by atoms with E-state index in [9.17, 15) is 0 Å². The van der Waals surface area contributed by atoms with Gasteiger partial charge in [-0.2, -0.15) is 0 Å². The quantitative estimate of drug-likeness (QED) is 0.873. The molecular formula is C10H15BrN2O. The summed E-state index contributed by atoms with van der Waals surface area (Å²) < 4.78 is 0.992. The number of aliphatic hydroxyl groups excluding tert-OH is 1. The number of aliphatic hydroxyl groups is 1. The molecule has 1 aromatic rings. The summed E-state index contributed by atoms with van der Waals surface area (Å²) in [7, 11) is 0. The van der Waals surface area contributed by atoms with Crippen molar-refractivity contribution in [1.82, 2.24) is 9.88 Å². The van der Waals surface area contributed by atoms with Gasteiger partial charge in [0.05, 0.1) is 12.3 Å². The number of rotatable bonds is 5. The molecule has 4 heteroatoms. The molecule has 3 nitrogen and oxygen atoms in total. The zero-order valence-corrected chi connectivity index (χ0v) is 9.87. The number of hydrogen-bond acceptors (Lipinski definition) is 3. The number of halogens is 1. The van der Waals surface area contributed by atoms with Crippen LogP contribution in [0.25, 0.3) is 0 Å². The highest BCUT2D eigenvalue weighted by Gasteiger charge is 2.03. The first-order chi connectivity index (χ1) is 6.76. The summed E-state index contributed by atoms with van der Waals surface area (Å²) in [5.74, 6) is 0. The second-order valence-corrected chi connectivity index (χ2v) is 3.98. The van der Waals surface area contributed by atoms with E-state index in [4.69, 9.17) is 5.11 Å². The van der Waals surface area contributed by atoms with Gasteiger partial charge in [0.2, 0.25) is 0 Å². The number of hydrogen-bond donors (Lipinski definition) is 1. The van der Waals surface area contributed by atoms with Gasteiger partial charge < -0.3 is 5.11 Å². The molecular weight excluding hydrogens is 244 g/mol. The summed E-state index contributed by atoms with van der Waals surface area (Å²) in [5.41, 5.74) is 1.03. The van der Waals surface area contributed by atoms with Crippen molar-refractivity contribution < 1.29 is 5.11 Å². The Morgan fingerprint density at radius 2 is 2.29 bits per heavy atom. The van der Waals surface area contributed by atoms with Crippen molar-refractivity contribution in [1.29, 1.82) is 0 Å². The SMILES string of the molecule is CCN(CCO)Cc1ccc(Br)cn1. The maximum absolute atomic E-state index is 8.82. The van der Waals surface area contributed by atoms with Crippen molar-refractivity contribution in [2.24, 2.45) is 0 Å². The number of nitrogens with zero attached hydrogens (tertiary/aromatic N) is 2. The molecule has 0 fully saturated rings. The lowest BCUT2D eigenvalue weighted by Crippen LogP contribution is -2.26. The molecule has 1 aromatic heterocycles. The largest absolute Gasteiger partial charge is 0.395 e. The van der Waals surface area contributed by atoms with Gasteiger partial charge in [0.25, 0.3) is 0 Å². The number of aromatic nitrogens is 1. The third kappa shape index (κ3) is 3.74. The molecule has 0 atom stereocenters.